The van der Waals surface area contributed by atoms with Crippen molar-refractivity contribution in [1.82, 2.24) is 24.5 Å². The summed E-state index contributed by atoms with van der Waals surface area (Å²) in [6.45, 7) is 3.25. The van der Waals surface area contributed by atoms with Gasteiger partial charge in [-0.05, 0) is 13.0 Å². The van der Waals surface area contributed by atoms with E-state index in [2.05, 4.69) is 26.6 Å². The van der Waals surface area contributed by atoms with Crippen LogP contribution >= 0.6 is 0 Å². The number of anilines is 1. The van der Waals surface area contributed by atoms with Gasteiger partial charge in [0.1, 0.15) is 0 Å². The zero-order chi connectivity index (χ0) is 14.8. The lowest BCUT2D eigenvalue weighted by molar-refractivity contribution is 0.269. The SMILES string of the molecule is Cc1nn(C)c2ncc(NCc3cnn(CCO)c3)cc12. The smallest absolute Gasteiger partial charge is 0.157 e. The second-order valence-electron chi connectivity index (χ2n) is 4.99. The molecular formula is C14H18N6O. The van der Waals surface area contributed by atoms with Gasteiger partial charge in [0.25, 0.3) is 0 Å². The van der Waals surface area contributed by atoms with Crippen LogP contribution in [0.25, 0.3) is 11.0 Å². The van der Waals surface area contributed by atoms with Gasteiger partial charge < -0.3 is 10.4 Å². The minimum absolute atomic E-state index is 0.0927. The van der Waals surface area contributed by atoms with E-state index in [-0.39, 0.29) is 6.61 Å². The van der Waals surface area contributed by atoms with E-state index in [1.54, 1.807) is 15.6 Å². The lowest BCUT2D eigenvalue weighted by Gasteiger charge is -2.04. The third kappa shape index (κ3) is 2.73. The lowest BCUT2D eigenvalue weighted by Crippen LogP contribution is -2.02. The molecular weight excluding hydrogens is 268 g/mol. The van der Waals surface area contributed by atoms with Crippen molar-refractivity contribution in [3.05, 3.63) is 35.9 Å². The van der Waals surface area contributed by atoms with Crippen LogP contribution in [0.15, 0.2) is 24.7 Å². The largest absolute Gasteiger partial charge is 0.394 e. The Balaban J connectivity index is 1.73. The van der Waals surface area contributed by atoms with Crippen molar-refractivity contribution >= 4 is 16.7 Å². The van der Waals surface area contributed by atoms with Crippen LogP contribution in [0.3, 0.4) is 0 Å². The number of fused-ring (bicyclic) bond motifs is 1. The number of aromatic nitrogens is 5. The van der Waals surface area contributed by atoms with Gasteiger partial charge in [-0.2, -0.15) is 10.2 Å². The molecule has 0 aromatic carbocycles. The Labute approximate surface area is 122 Å². The molecule has 0 radical (unpaired) electrons. The van der Waals surface area contributed by atoms with Crippen LogP contribution < -0.4 is 5.32 Å². The van der Waals surface area contributed by atoms with Crippen molar-refractivity contribution in [2.24, 2.45) is 7.05 Å². The zero-order valence-corrected chi connectivity index (χ0v) is 12.1. The number of hydrogen-bond acceptors (Lipinski definition) is 5. The van der Waals surface area contributed by atoms with Gasteiger partial charge in [-0.3, -0.25) is 9.36 Å². The Morgan fingerprint density at radius 2 is 2.19 bits per heavy atom. The third-order valence-electron chi connectivity index (χ3n) is 3.38. The summed E-state index contributed by atoms with van der Waals surface area (Å²) in [6, 6.07) is 2.06. The average Bonchev–Trinajstić information content (AvgIpc) is 3.03. The second kappa shape index (κ2) is 5.53. The highest BCUT2D eigenvalue weighted by Crippen LogP contribution is 2.19. The van der Waals surface area contributed by atoms with E-state index >= 15 is 0 Å². The fraction of sp³-hybridized carbons (Fsp3) is 0.357. The van der Waals surface area contributed by atoms with Crippen LogP contribution in [0.1, 0.15) is 11.3 Å². The highest BCUT2D eigenvalue weighted by molar-refractivity contribution is 5.81. The minimum atomic E-state index is 0.0927. The molecule has 0 saturated carbocycles. The van der Waals surface area contributed by atoms with E-state index in [0.717, 1.165) is 28.0 Å². The first kappa shape index (κ1) is 13.6. The number of aryl methyl sites for hydroxylation is 2. The highest BCUT2D eigenvalue weighted by Gasteiger charge is 2.07. The fourth-order valence-electron chi connectivity index (χ4n) is 2.33. The van der Waals surface area contributed by atoms with Crippen molar-refractivity contribution in [3.63, 3.8) is 0 Å². The van der Waals surface area contributed by atoms with E-state index < -0.39 is 0 Å². The van der Waals surface area contributed by atoms with E-state index in [0.29, 0.717) is 13.1 Å². The lowest BCUT2D eigenvalue weighted by atomic mass is 10.2. The molecule has 3 aromatic heterocycles. The topological polar surface area (TPSA) is 80.8 Å². The molecule has 3 aromatic rings. The molecule has 0 amide bonds. The van der Waals surface area contributed by atoms with Crippen LogP contribution in [0.4, 0.5) is 5.69 Å². The Morgan fingerprint density at radius 3 is 3.00 bits per heavy atom. The monoisotopic (exact) mass is 286 g/mol. The summed E-state index contributed by atoms with van der Waals surface area (Å²) < 4.78 is 3.51. The molecule has 7 nitrogen and oxygen atoms in total. The van der Waals surface area contributed by atoms with Crippen molar-refractivity contribution in [3.8, 4) is 0 Å². The summed E-state index contributed by atoms with van der Waals surface area (Å²) in [5.74, 6) is 0. The molecule has 7 heteroatoms. The molecule has 0 aliphatic rings. The van der Waals surface area contributed by atoms with E-state index in [1.807, 2.05) is 26.4 Å². The molecule has 0 spiro atoms. The van der Waals surface area contributed by atoms with E-state index in [4.69, 9.17) is 5.11 Å². The molecule has 0 atom stereocenters. The van der Waals surface area contributed by atoms with Gasteiger partial charge >= 0.3 is 0 Å². The molecule has 3 heterocycles. The fourth-order valence-corrected chi connectivity index (χ4v) is 2.33. The maximum absolute atomic E-state index is 8.87. The summed E-state index contributed by atoms with van der Waals surface area (Å²) in [7, 11) is 1.89. The van der Waals surface area contributed by atoms with Gasteiger partial charge in [-0.15, -0.1) is 0 Å². The highest BCUT2D eigenvalue weighted by atomic mass is 16.3. The first-order chi connectivity index (χ1) is 10.2. The van der Waals surface area contributed by atoms with Crippen LogP contribution in [0.2, 0.25) is 0 Å². The van der Waals surface area contributed by atoms with Gasteiger partial charge in [-0.25, -0.2) is 4.98 Å². The first-order valence-electron chi connectivity index (χ1n) is 6.83. The number of rotatable bonds is 5. The number of nitrogens with zero attached hydrogens (tertiary/aromatic N) is 5. The maximum atomic E-state index is 8.87. The second-order valence-corrected chi connectivity index (χ2v) is 4.99. The predicted octanol–water partition coefficient (Wildman–Crippen LogP) is 1.08. The van der Waals surface area contributed by atoms with Gasteiger partial charge in [0.05, 0.1) is 36.9 Å². The Kier molecular flexibility index (Phi) is 3.57. The zero-order valence-electron chi connectivity index (χ0n) is 12.1. The van der Waals surface area contributed by atoms with Crippen LogP contribution in [-0.4, -0.2) is 36.3 Å². The van der Waals surface area contributed by atoms with Gasteiger partial charge in [0, 0.05) is 30.7 Å². The Hall–Kier alpha value is -2.41. The summed E-state index contributed by atoms with van der Waals surface area (Å²) in [5.41, 5.74) is 3.87. The molecule has 0 unspecified atom stereocenters. The van der Waals surface area contributed by atoms with Crippen LogP contribution in [-0.2, 0) is 20.1 Å². The number of aliphatic hydroxyl groups excluding tert-OH is 1. The molecule has 2 N–H and O–H groups in total. The van der Waals surface area contributed by atoms with Crippen molar-refractivity contribution in [2.75, 3.05) is 11.9 Å². The third-order valence-corrected chi connectivity index (χ3v) is 3.38. The number of nitrogens with one attached hydrogen (secondary N) is 1. The summed E-state index contributed by atoms with van der Waals surface area (Å²) in [5, 5.41) is 21.8. The molecule has 0 bridgehead atoms. The summed E-state index contributed by atoms with van der Waals surface area (Å²) >= 11 is 0. The number of aliphatic hydroxyl groups is 1. The van der Waals surface area contributed by atoms with E-state index in [1.165, 1.54) is 0 Å². The Bertz CT molecular complexity index is 760. The minimum Gasteiger partial charge on any atom is -0.394 e. The summed E-state index contributed by atoms with van der Waals surface area (Å²) in [4.78, 5) is 4.43. The maximum Gasteiger partial charge on any atom is 0.157 e. The molecule has 3 rings (SSSR count). The number of hydrogen-bond donors (Lipinski definition) is 2. The molecule has 21 heavy (non-hydrogen) atoms. The van der Waals surface area contributed by atoms with E-state index in [9.17, 15) is 0 Å². The van der Waals surface area contributed by atoms with Gasteiger partial charge in [-0.1, -0.05) is 0 Å². The summed E-state index contributed by atoms with van der Waals surface area (Å²) in [6.07, 6.45) is 5.52. The van der Waals surface area contributed by atoms with Crippen molar-refractivity contribution in [2.45, 2.75) is 20.0 Å². The van der Waals surface area contributed by atoms with Crippen LogP contribution in [0.5, 0.6) is 0 Å². The molecule has 110 valence electrons. The molecule has 0 aliphatic carbocycles. The predicted molar refractivity (Wildman–Crippen MR) is 79.9 cm³/mol. The van der Waals surface area contributed by atoms with Crippen molar-refractivity contribution in [1.29, 1.82) is 0 Å². The normalized spacial score (nSPS) is 11.2. The van der Waals surface area contributed by atoms with Crippen LogP contribution in [0, 0.1) is 6.92 Å². The molecule has 0 fully saturated rings. The van der Waals surface area contributed by atoms with Gasteiger partial charge in [0.15, 0.2) is 5.65 Å². The average molecular weight is 286 g/mol. The first-order valence-corrected chi connectivity index (χ1v) is 6.83. The Morgan fingerprint density at radius 1 is 1.33 bits per heavy atom. The standard InChI is InChI=1S/C14H18N6O/c1-10-13-5-12(8-16-14(13)19(2)18-10)15-6-11-7-17-20(9-11)3-4-21/h5,7-9,15,21H,3-4,6H2,1-2H3. The quantitative estimate of drug-likeness (QED) is 0.733. The number of pyridine rings is 1. The molecule has 0 aliphatic heterocycles. The van der Waals surface area contributed by atoms with Crippen molar-refractivity contribution < 1.29 is 5.11 Å². The molecule has 0 saturated heterocycles. The van der Waals surface area contributed by atoms with Gasteiger partial charge in [0.2, 0.25) is 0 Å².